The first-order valence-corrected chi connectivity index (χ1v) is 8.45. The van der Waals surface area contributed by atoms with Gasteiger partial charge in [-0.25, -0.2) is 4.99 Å². The van der Waals surface area contributed by atoms with Gasteiger partial charge in [-0.3, -0.25) is 9.59 Å². The van der Waals surface area contributed by atoms with Crippen LogP contribution in [0.5, 0.6) is 0 Å². The van der Waals surface area contributed by atoms with Crippen molar-refractivity contribution >= 4 is 17.8 Å². The summed E-state index contributed by atoms with van der Waals surface area (Å²) in [6.45, 7) is 6.23. The highest BCUT2D eigenvalue weighted by atomic mass is 16.5. The van der Waals surface area contributed by atoms with Crippen LogP contribution < -0.4 is 10.6 Å². The third-order valence-electron chi connectivity index (χ3n) is 4.16. The summed E-state index contributed by atoms with van der Waals surface area (Å²) in [5, 5.41) is 5.93. The molecule has 8 heteroatoms. The lowest BCUT2D eigenvalue weighted by molar-refractivity contribution is -0.146. The maximum absolute atomic E-state index is 12.0. The van der Waals surface area contributed by atoms with Gasteiger partial charge in [-0.05, 0) is 25.0 Å². The van der Waals surface area contributed by atoms with E-state index in [9.17, 15) is 9.59 Å². The second-order valence-corrected chi connectivity index (χ2v) is 6.04. The predicted molar refractivity (Wildman–Crippen MR) is 92.8 cm³/mol. The Balaban J connectivity index is 1.91. The summed E-state index contributed by atoms with van der Waals surface area (Å²) in [6.07, 6.45) is 1.56. The molecule has 0 aromatic carbocycles. The molecule has 1 saturated heterocycles. The molecule has 8 nitrogen and oxygen atoms in total. The van der Waals surface area contributed by atoms with Gasteiger partial charge in [0.1, 0.15) is 12.3 Å². The maximum Gasteiger partial charge on any atom is 0.310 e. The molecule has 2 rings (SSSR count). The third kappa shape index (κ3) is 5.23. The fraction of sp³-hybridized carbons (Fsp3) is 0.588. The Morgan fingerprint density at radius 1 is 1.40 bits per heavy atom. The van der Waals surface area contributed by atoms with Gasteiger partial charge in [0, 0.05) is 19.6 Å². The topological polar surface area (TPSA) is 96.2 Å². The average molecular weight is 350 g/mol. The first-order chi connectivity index (χ1) is 12.0. The molecule has 1 fully saturated rings. The van der Waals surface area contributed by atoms with Crippen LogP contribution in [-0.4, -0.2) is 56.0 Å². The number of carbonyl (C=O) groups excluding carboxylic acids is 2. The van der Waals surface area contributed by atoms with Crippen molar-refractivity contribution in [3.63, 3.8) is 0 Å². The quantitative estimate of drug-likeness (QED) is 0.443. The van der Waals surface area contributed by atoms with Gasteiger partial charge in [0.05, 0.1) is 25.8 Å². The molecule has 1 aromatic rings. The number of aliphatic imine (C=N–C) groups is 1. The molecule has 2 N–H and O–H groups in total. The summed E-state index contributed by atoms with van der Waals surface area (Å²) < 4.78 is 10.0. The Hall–Kier alpha value is -2.51. The first kappa shape index (κ1) is 18.8. The molecule has 0 radical (unpaired) electrons. The normalized spacial score (nSPS) is 20.4. The van der Waals surface area contributed by atoms with Crippen LogP contribution in [0, 0.1) is 11.8 Å². The van der Waals surface area contributed by atoms with Gasteiger partial charge < -0.3 is 24.7 Å². The summed E-state index contributed by atoms with van der Waals surface area (Å²) >= 11 is 0. The molecular formula is C17H26N4O4. The first-order valence-electron chi connectivity index (χ1n) is 8.45. The van der Waals surface area contributed by atoms with Crippen LogP contribution in [0.1, 0.15) is 19.6 Å². The van der Waals surface area contributed by atoms with E-state index < -0.39 is 0 Å². The lowest BCUT2D eigenvalue weighted by atomic mass is 9.99. The number of guanidine groups is 1. The van der Waals surface area contributed by atoms with Crippen molar-refractivity contribution in [2.24, 2.45) is 16.8 Å². The van der Waals surface area contributed by atoms with Crippen molar-refractivity contribution in [2.45, 2.75) is 20.4 Å². The van der Waals surface area contributed by atoms with E-state index >= 15 is 0 Å². The summed E-state index contributed by atoms with van der Waals surface area (Å²) in [6, 6.07) is 3.57. The molecule has 1 amide bonds. The van der Waals surface area contributed by atoms with Crippen LogP contribution in [0.2, 0.25) is 0 Å². The lowest BCUT2D eigenvalue weighted by Gasteiger charge is -2.21. The van der Waals surface area contributed by atoms with Gasteiger partial charge in [0.15, 0.2) is 5.96 Å². The van der Waals surface area contributed by atoms with E-state index in [0.717, 1.165) is 0 Å². The monoisotopic (exact) mass is 350 g/mol. The molecule has 2 heterocycles. The molecule has 0 spiro atoms. The molecule has 25 heavy (non-hydrogen) atoms. The zero-order valence-corrected chi connectivity index (χ0v) is 14.9. The van der Waals surface area contributed by atoms with E-state index in [4.69, 9.17) is 9.15 Å². The Kier molecular flexibility index (Phi) is 6.85. The number of esters is 1. The van der Waals surface area contributed by atoms with E-state index in [1.807, 2.05) is 18.7 Å². The minimum atomic E-state index is -0.206. The van der Waals surface area contributed by atoms with Crippen LogP contribution in [0.15, 0.2) is 27.8 Å². The van der Waals surface area contributed by atoms with Crippen molar-refractivity contribution in [1.29, 1.82) is 0 Å². The Bertz CT molecular complexity index is 600. The smallest absolute Gasteiger partial charge is 0.310 e. The summed E-state index contributed by atoms with van der Waals surface area (Å²) in [4.78, 5) is 30.2. The molecule has 2 unspecified atom stereocenters. The van der Waals surface area contributed by atoms with E-state index in [0.29, 0.717) is 37.9 Å². The third-order valence-corrected chi connectivity index (χ3v) is 4.16. The Morgan fingerprint density at radius 3 is 2.84 bits per heavy atom. The van der Waals surface area contributed by atoms with Crippen LogP contribution in [0.25, 0.3) is 0 Å². The summed E-state index contributed by atoms with van der Waals surface area (Å²) in [5.41, 5.74) is 0. The SMILES string of the molecule is CCNC(=NCC(=O)NCc1ccco1)N1CC(C)C(C(=O)OC)C1. The van der Waals surface area contributed by atoms with Gasteiger partial charge in [0.2, 0.25) is 5.91 Å². The minimum absolute atomic E-state index is 0.0107. The van der Waals surface area contributed by atoms with Crippen molar-refractivity contribution in [3.05, 3.63) is 24.2 Å². The Morgan fingerprint density at radius 2 is 2.20 bits per heavy atom. The zero-order valence-electron chi connectivity index (χ0n) is 14.9. The van der Waals surface area contributed by atoms with Gasteiger partial charge in [-0.2, -0.15) is 0 Å². The van der Waals surface area contributed by atoms with Crippen LogP contribution in [-0.2, 0) is 20.9 Å². The lowest BCUT2D eigenvalue weighted by Crippen LogP contribution is -2.41. The highest BCUT2D eigenvalue weighted by Crippen LogP contribution is 2.24. The summed E-state index contributed by atoms with van der Waals surface area (Å²) in [7, 11) is 1.40. The molecule has 1 aliphatic rings. The fourth-order valence-electron chi connectivity index (χ4n) is 2.83. The van der Waals surface area contributed by atoms with Gasteiger partial charge in [-0.15, -0.1) is 0 Å². The predicted octanol–water partition coefficient (Wildman–Crippen LogP) is 0.602. The molecule has 138 valence electrons. The number of hydrogen-bond acceptors (Lipinski definition) is 5. The molecule has 0 saturated carbocycles. The van der Waals surface area contributed by atoms with Crippen LogP contribution in [0.4, 0.5) is 0 Å². The van der Waals surface area contributed by atoms with Gasteiger partial charge >= 0.3 is 5.97 Å². The average Bonchev–Trinajstić information content (AvgIpc) is 3.25. The molecule has 0 aliphatic carbocycles. The van der Waals surface area contributed by atoms with E-state index in [1.54, 1.807) is 18.4 Å². The van der Waals surface area contributed by atoms with Gasteiger partial charge in [-0.1, -0.05) is 6.92 Å². The van der Waals surface area contributed by atoms with E-state index in [1.165, 1.54) is 7.11 Å². The van der Waals surface area contributed by atoms with Crippen molar-refractivity contribution in [1.82, 2.24) is 15.5 Å². The number of hydrogen-bond donors (Lipinski definition) is 2. The number of ether oxygens (including phenoxy) is 1. The number of furan rings is 1. The molecule has 0 bridgehead atoms. The largest absolute Gasteiger partial charge is 0.469 e. The highest BCUT2D eigenvalue weighted by Gasteiger charge is 2.36. The zero-order chi connectivity index (χ0) is 18.2. The summed E-state index contributed by atoms with van der Waals surface area (Å²) in [5.74, 6) is 0.920. The van der Waals surface area contributed by atoms with E-state index in [2.05, 4.69) is 15.6 Å². The number of nitrogens with one attached hydrogen (secondary N) is 2. The molecule has 1 aromatic heterocycles. The van der Waals surface area contributed by atoms with Gasteiger partial charge in [0.25, 0.3) is 0 Å². The van der Waals surface area contributed by atoms with Crippen LogP contribution >= 0.6 is 0 Å². The standard InChI is InChI=1S/C17H26N4O4/c1-4-18-17(21-10-12(2)14(11-21)16(23)24-3)20-9-15(22)19-8-13-6-5-7-25-13/h5-7,12,14H,4,8-11H2,1-3H3,(H,18,20)(H,19,22). The van der Waals surface area contributed by atoms with Crippen LogP contribution in [0.3, 0.4) is 0 Å². The second-order valence-electron chi connectivity index (χ2n) is 6.04. The van der Waals surface area contributed by atoms with Crippen molar-refractivity contribution in [2.75, 3.05) is 33.3 Å². The Labute approximate surface area is 147 Å². The highest BCUT2D eigenvalue weighted by molar-refractivity contribution is 5.86. The number of rotatable bonds is 6. The minimum Gasteiger partial charge on any atom is -0.469 e. The number of amides is 1. The van der Waals surface area contributed by atoms with E-state index in [-0.39, 0.29) is 30.3 Å². The second kappa shape index (κ2) is 9.10. The maximum atomic E-state index is 12.0. The number of methoxy groups -OCH3 is 1. The molecule has 1 aliphatic heterocycles. The molecular weight excluding hydrogens is 324 g/mol. The number of nitrogens with zero attached hydrogens (tertiary/aromatic N) is 2. The number of likely N-dealkylation sites (tertiary alicyclic amines) is 1. The van der Waals surface area contributed by atoms with Crippen molar-refractivity contribution < 1.29 is 18.7 Å². The molecule has 2 atom stereocenters. The van der Waals surface area contributed by atoms with Crippen molar-refractivity contribution in [3.8, 4) is 0 Å². The fourth-order valence-corrected chi connectivity index (χ4v) is 2.83. The number of carbonyl (C=O) groups is 2.